The van der Waals surface area contributed by atoms with Gasteiger partial charge in [0.15, 0.2) is 0 Å². The molecule has 0 saturated heterocycles. The summed E-state index contributed by atoms with van der Waals surface area (Å²) in [5, 5.41) is 0. The normalized spacial score (nSPS) is 11.6. The average Bonchev–Trinajstić information content (AvgIpc) is 2.51. The zero-order valence-electron chi connectivity index (χ0n) is 14.1. The molecule has 1 aromatic rings. The first-order valence-electron chi connectivity index (χ1n) is 7.72. The molecule has 0 heterocycles. The van der Waals surface area contributed by atoms with Gasteiger partial charge in [-0.3, -0.25) is 4.55 Å². The summed E-state index contributed by atoms with van der Waals surface area (Å²) in [6, 6.07) is 5.94. The van der Waals surface area contributed by atoms with E-state index in [-0.39, 0.29) is 13.2 Å². The lowest BCUT2D eigenvalue weighted by atomic mass is 10.1. The summed E-state index contributed by atoms with van der Waals surface area (Å²) in [6.07, 6.45) is 0. The topological polar surface area (TPSA) is 111 Å². The van der Waals surface area contributed by atoms with Gasteiger partial charge in [-0.15, -0.1) is 0 Å². The molecule has 1 aromatic carbocycles. The van der Waals surface area contributed by atoms with Crippen molar-refractivity contribution in [2.24, 2.45) is 0 Å². The SMILES string of the molecule is CCN(CCOCCOCCOS(=O)(=O)O)c1ccc(N)c(C)c1. The van der Waals surface area contributed by atoms with E-state index in [0.29, 0.717) is 19.8 Å². The second-order valence-corrected chi connectivity index (χ2v) is 6.19. The molecule has 0 aliphatic heterocycles. The van der Waals surface area contributed by atoms with Crippen molar-refractivity contribution in [3.8, 4) is 0 Å². The summed E-state index contributed by atoms with van der Waals surface area (Å²) in [6.45, 7) is 6.75. The zero-order chi connectivity index (χ0) is 18.0. The van der Waals surface area contributed by atoms with Crippen LogP contribution in [0.4, 0.5) is 11.4 Å². The summed E-state index contributed by atoms with van der Waals surface area (Å²) in [7, 11) is -4.39. The molecular formula is C15H26N2O6S. The number of hydrogen-bond acceptors (Lipinski definition) is 7. The quantitative estimate of drug-likeness (QED) is 0.325. The molecule has 8 nitrogen and oxygen atoms in total. The average molecular weight is 362 g/mol. The van der Waals surface area contributed by atoms with Gasteiger partial charge in [-0.2, -0.15) is 8.42 Å². The second-order valence-electron chi connectivity index (χ2n) is 5.10. The predicted octanol–water partition coefficient (Wildman–Crippen LogP) is 1.26. The Balaban J connectivity index is 2.15. The van der Waals surface area contributed by atoms with Gasteiger partial charge in [-0.25, -0.2) is 4.18 Å². The first-order valence-corrected chi connectivity index (χ1v) is 9.08. The molecule has 9 heteroatoms. The van der Waals surface area contributed by atoms with E-state index in [1.165, 1.54) is 0 Å². The van der Waals surface area contributed by atoms with Crippen LogP contribution >= 0.6 is 0 Å². The molecule has 0 aliphatic rings. The lowest BCUT2D eigenvalue weighted by Crippen LogP contribution is -2.27. The number of nitrogen functional groups attached to an aromatic ring is 1. The fourth-order valence-electron chi connectivity index (χ4n) is 2.02. The fourth-order valence-corrected chi connectivity index (χ4v) is 2.30. The zero-order valence-corrected chi connectivity index (χ0v) is 14.9. The van der Waals surface area contributed by atoms with Gasteiger partial charge in [0.1, 0.15) is 0 Å². The summed E-state index contributed by atoms with van der Waals surface area (Å²) in [5.41, 5.74) is 8.76. The van der Waals surface area contributed by atoms with Crippen molar-refractivity contribution in [1.29, 1.82) is 0 Å². The maximum Gasteiger partial charge on any atom is 0.397 e. The Hall–Kier alpha value is -1.39. The minimum absolute atomic E-state index is 0.0644. The standard InChI is InChI=1S/C15H26N2O6S/c1-3-17(14-4-5-15(16)13(2)12-14)6-7-21-8-9-22-10-11-23-24(18,19)20/h4-5,12H,3,6-11,16H2,1-2H3,(H,18,19,20). The fraction of sp³-hybridized carbons (Fsp3) is 0.600. The van der Waals surface area contributed by atoms with E-state index < -0.39 is 10.4 Å². The minimum Gasteiger partial charge on any atom is -0.399 e. The molecule has 138 valence electrons. The Labute approximate surface area is 143 Å². The summed E-state index contributed by atoms with van der Waals surface area (Å²) >= 11 is 0. The second kappa shape index (κ2) is 10.5. The number of benzene rings is 1. The molecule has 0 unspecified atom stereocenters. The monoisotopic (exact) mass is 362 g/mol. The van der Waals surface area contributed by atoms with Crippen molar-refractivity contribution in [3.63, 3.8) is 0 Å². The minimum atomic E-state index is -4.39. The van der Waals surface area contributed by atoms with Crippen molar-refractivity contribution >= 4 is 21.8 Å². The Kier molecular flexibility index (Phi) is 9.01. The molecule has 24 heavy (non-hydrogen) atoms. The molecule has 0 saturated carbocycles. The maximum absolute atomic E-state index is 10.3. The van der Waals surface area contributed by atoms with Crippen molar-refractivity contribution in [2.75, 3.05) is 56.8 Å². The third-order valence-corrected chi connectivity index (χ3v) is 3.80. The molecule has 0 atom stereocenters. The van der Waals surface area contributed by atoms with Crippen LogP contribution in [0.15, 0.2) is 18.2 Å². The van der Waals surface area contributed by atoms with Crippen LogP contribution in [-0.2, 0) is 24.1 Å². The third-order valence-electron chi connectivity index (χ3n) is 3.34. The van der Waals surface area contributed by atoms with Crippen LogP contribution in [0, 0.1) is 6.92 Å². The van der Waals surface area contributed by atoms with Gasteiger partial charge in [0, 0.05) is 24.5 Å². The number of hydrogen-bond donors (Lipinski definition) is 2. The summed E-state index contributed by atoms with van der Waals surface area (Å²) in [4.78, 5) is 2.19. The summed E-state index contributed by atoms with van der Waals surface area (Å²) < 4.78 is 43.7. The van der Waals surface area contributed by atoms with Gasteiger partial charge >= 0.3 is 10.4 Å². The Morgan fingerprint density at radius 3 is 2.33 bits per heavy atom. The first-order chi connectivity index (χ1) is 11.3. The van der Waals surface area contributed by atoms with Crippen LogP contribution < -0.4 is 10.6 Å². The maximum atomic E-state index is 10.3. The highest BCUT2D eigenvalue weighted by atomic mass is 32.3. The number of rotatable bonds is 12. The lowest BCUT2D eigenvalue weighted by Gasteiger charge is -2.23. The highest BCUT2D eigenvalue weighted by Gasteiger charge is 2.06. The van der Waals surface area contributed by atoms with E-state index in [2.05, 4.69) is 22.1 Å². The van der Waals surface area contributed by atoms with E-state index in [1.54, 1.807) is 0 Å². The number of aryl methyl sites for hydroxylation is 1. The number of ether oxygens (including phenoxy) is 2. The van der Waals surface area contributed by atoms with Gasteiger partial charge < -0.3 is 20.1 Å². The van der Waals surface area contributed by atoms with Crippen LogP contribution in [0.25, 0.3) is 0 Å². The van der Waals surface area contributed by atoms with Gasteiger partial charge in [0.2, 0.25) is 0 Å². The van der Waals surface area contributed by atoms with Gasteiger partial charge in [0.25, 0.3) is 0 Å². The smallest absolute Gasteiger partial charge is 0.397 e. The van der Waals surface area contributed by atoms with E-state index in [9.17, 15) is 8.42 Å². The van der Waals surface area contributed by atoms with E-state index in [4.69, 9.17) is 19.8 Å². The van der Waals surface area contributed by atoms with Crippen molar-refractivity contribution < 1.29 is 26.6 Å². The van der Waals surface area contributed by atoms with Gasteiger partial charge in [-0.05, 0) is 37.6 Å². The molecule has 1 rings (SSSR count). The Morgan fingerprint density at radius 1 is 1.12 bits per heavy atom. The lowest BCUT2D eigenvalue weighted by molar-refractivity contribution is 0.0378. The first kappa shape index (κ1) is 20.7. The van der Waals surface area contributed by atoms with E-state index >= 15 is 0 Å². The molecule has 0 radical (unpaired) electrons. The van der Waals surface area contributed by atoms with Crippen LogP contribution in [-0.4, -0.2) is 59.1 Å². The van der Waals surface area contributed by atoms with Crippen LogP contribution in [0.1, 0.15) is 12.5 Å². The third kappa shape index (κ3) is 8.46. The number of nitrogens with zero attached hydrogens (tertiary/aromatic N) is 1. The van der Waals surface area contributed by atoms with Crippen molar-refractivity contribution in [2.45, 2.75) is 13.8 Å². The van der Waals surface area contributed by atoms with Gasteiger partial charge in [0.05, 0.1) is 33.0 Å². The molecule has 0 aromatic heterocycles. The highest BCUT2D eigenvalue weighted by Crippen LogP contribution is 2.20. The van der Waals surface area contributed by atoms with Crippen molar-refractivity contribution in [1.82, 2.24) is 0 Å². The number of nitrogens with two attached hydrogens (primary N) is 1. The molecule has 0 aliphatic carbocycles. The molecule has 0 amide bonds. The highest BCUT2D eigenvalue weighted by molar-refractivity contribution is 7.80. The van der Waals surface area contributed by atoms with Gasteiger partial charge in [-0.1, -0.05) is 0 Å². The van der Waals surface area contributed by atoms with Crippen molar-refractivity contribution in [3.05, 3.63) is 23.8 Å². The molecule has 0 spiro atoms. The molecule has 0 fully saturated rings. The summed E-state index contributed by atoms with van der Waals surface area (Å²) in [5.74, 6) is 0. The van der Waals surface area contributed by atoms with E-state index in [1.807, 2.05) is 19.1 Å². The van der Waals surface area contributed by atoms with Crippen LogP contribution in [0.3, 0.4) is 0 Å². The molecular weight excluding hydrogens is 336 g/mol. The predicted molar refractivity (Wildman–Crippen MR) is 92.6 cm³/mol. The Bertz CT molecular complexity index is 594. The largest absolute Gasteiger partial charge is 0.399 e. The number of likely N-dealkylation sites (N-methyl/N-ethyl adjacent to an activating group) is 1. The van der Waals surface area contributed by atoms with E-state index in [0.717, 1.165) is 30.0 Å². The van der Waals surface area contributed by atoms with Crippen LogP contribution in [0.5, 0.6) is 0 Å². The Morgan fingerprint density at radius 2 is 1.75 bits per heavy atom. The number of anilines is 2. The molecule has 0 bridgehead atoms. The molecule has 3 N–H and O–H groups in total. The van der Waals surface area contributed by atoms with Crippen LogP contribution in [0.2, 0.25) is 0 Å².